The molecule has 8 nitrogen and oxygen atoms in total. The lowest BCUT2D eigenvalue weighted by Crippen LogP contribution is -2.48. The van der Waals surface area contributed by atoms with Gasteiger partial charge in [-0.2, -0.15) is 0 Å². The van der Waals surface area contributed by atoms with E-state index in [0.717, 1.165) is 110 Å². The van der Waals surface area contributed by atoms with Crippen LogP contribution < -0.4 is 0 Å². The minimum Gasteiger partial charge on any atom is -0.376 e. The van der Waals surface area contributed by atoms with E-state index in [1.165, 1.54) is 0 Å². The summed E-state index contributed by atoms with van der Waals surface area (Å²) in [7, 11) is 0. The fourth-order valence-electron chi connectivity index (χ4n) is 7.61. The molecular weight excluding hydrogens is 765 g/mol. The summed E-state index contributed by atoms with van der Waals surface area (Å²) in [5, 5.41) is 0. The van der Waals surface area contributed by atoms with Gasteiger partial charge >= 0.3 is 0 Å². The first kappa shape index (κ1) is 58.7. The zero-order valence-electron chi connectivity index (χ0n) is 44.9. The molecule has 3 unspecified atom stereocenters. The lowest BCUT2D eigenvalue weighted by Gasteiger charge is -2.46. The van der Waals surface area contributed by atoms with E-state index in [0.29, 0.717) is 25.0 Å². The minimum absolute atomic E-state index is 0.0475. The third-order valence-electron chi connectivity index (χ3n) is 14.2. The molecule has 61 heavy (non-hydrogen) atoms. The molecule has 0 amide bonds. The molecule has 0 radical (unpaired) electrons. The van der Waals surface area contributed by atoms with Crippen LogP contribution >= 0.6 is 0 Å². The molecule has 1 rings (SSSR count). The summed E-state index contributed by atoms with van der Waals surface area (Å²) in [4.78, 5) is 0. The Morgan fingerprint density at radius 3 is 1.18 bits per heavy atom. The van der Waals surface area contributed by atoms with E-state index >= 15 is 0 Å². The molecule has 8 heteroatoms. The number of rotatable bonds is 34. The summed E-state index contributed by atoms with van der Waals surface area (Å²) in [6.45, 7) is 54.3. The Hall–Kier alpha value is -0.320. The van der Waals surface area contributed by atoms with Crippen LogP contribution in [0.25, 0.3) is 0 Å². The van der Waals surface area contributed by atoms with E-state index in [-0.39, 0.29) is 55.6 Å². The highest BCUT2D eigenvalue weighted by molar-refractivity contribution is 5.09. The maximum Gasteiger partial charge on any atom is 0.0683 e. The second-order valence-electron chi connectivity index (χ2n) is 25.1. The Balaban J connectivity index is 2.19. The number of ether oxygens (including phenoxy) is 8. The lowest BCUT2D eigenvalue weighted by atomic mass is 9.68. The van der Waals surface area contributed by atoms with Crippen molar-refractivity contribution in [2.24, 2.45) is 22.7 Å². The summed E-state index contributed by atoms with van der Waals surface area (Å²) in [5.41, 5.74) is -1.31. The van der Waals surface area contributed by atoms with Crippen LogP contribution in [-0.2, 0) is 37.9 Å². The van der Waals surface area contributed by atoms with Gasteiger partial charge in [-0.15, -0.1) is 0 Å². The average molecular weight is 871 g/mol. The van der Waals surface area contributed by atoms with Crippen LogP contribution in [0.2, 0.25) is 0 Å². The highest BCUT2D eigenvalue weighted by Crippen LogP contribution is 2.60. The molecule has 0 aromatic carbocycles. The van der Waals surface area contributed by atoms with Gasteiger partial charge in [0.25, 0.3) is 0 Å². The van der Waals surface area contributed by atoms with E-state index in [2.05, 4.69) is 152 Å². The van der Waals surface area contributed by atoms with Crippen molar-refractivity contribution in [1.29, 1.82) is 0 Å². The van der Waals surface area contributed by atoms with Gasteiger partial charge < -0.3 is 37.9 Å². The van der Waals surface area contributed by atoms with Gasteiger partial charge in [0.15, 0.2) is 0 Å². The van der Waals surface area contributed by atoms with Crippen LogP contribution in [0.4, 0.5) is 0 Å². The maximum absolute atomic E-state index is 6.52. The average Bonchev–Trinajstić information content (AvgIpc) is 3.78. The van der Waals surface area contributed by atoms with E-state index in [1.807, 2.05) is 0 Å². The van der Waals surface area contributed by atoms with Gasteiger partial charge in [-0.3, -0.25) is 0 Å². The monoisotopic (exact) mass is 871 g/mol. The van der Waals surface area contributed by atoms with Gasteiger partial charge in [-0.25, -0.2) is 0 Å². The molecular formula is C53H106O8. The molecule has 0 spiro atoms. The van der Waals surface area contributed by atoms with Crippen LogP contribution in [0.15, 0.2) is 0 Å². The van der Waals surface area contributed by atoms with E-state index in [9.17, 15) is 0 Å². The van der Waals surface area contributed by atoms with Crippen LogP contribution in [0, 0.1) is 22.7 Å². The van der Waals surface area contributed by atoms with Gasteiger partial charge in [0, 0.05) is 31.8 Å². The zero-order chi connectivity index (χ0) is 47.2. The molecule has 0 N–H and O–H groups in total. The predicted octanol–water partition coefficient (Wildman–Crippen LogP) is 14.0. The molecule has 1 saturated carbocycles. The summed E-state index contributed by atoms with van der Waals surface area (Å²) < 4.78 is 50.6. The maximum atomic E-state index is 6.52. The molecule has 0 heterocycles. The molecule has 0 saturated heterocycles. The summed E-state index contributed by atoms with van der Waals surface area (Å²) in [5.74, 6) is 0.914. The van der Waals surface area contributed by atoms with Gasteiger partial charge in [0.1, 0.15) is 0 Å². The number of hydrogen-bond donors (Lipinski definition) is 0. The second-order valence-corrected chi connectivity index (χ2v) is 25.1. The first-order chi connectivity index (χ1) is 27.5. The SMILES string of the molecule is CC(COC(C)(C)C)C(C)(C)C(C)(C)OCCC(C)(C)OCCCCOC(C)(C)CCCCOC(C)(C)CCCCOC(C)(C)CCOC(C)(C)C1(C)CC1COC(C)(C)C. The van der Waals surface area contributed by atoms with Crippen molar-refractivity contribution in [1.82, 2.24) is 0 Å². The fourth-order valence-corrected chi connectivity index (χ4v) is 7.61. The molecule has 3 atom stereocenters. The van der Waals surface area contributed by atoms with Crippen LogP contribution in [-0.4, -0.2) is 97.7 Å². The smallest absolute Gasteiger partial charge is 0.0683 e. The van der Waals surface area contributed by atoms with Crippen molar-refractivity contribution in [2.45, 2.75) is 268 Å². The molecule has 0 bridgehead atoms. The van der Waals surface area contributed by atoms with Crippen LogP contribution in [0.1, 0.15) is 223 Å². The molecule has 1 aliphatic carbocycles. The van der Waals surface area contributed by atoms with Crippen molar-refractivity contribution in [3.8, 4) is 0 Å². The van der Waals surface area contributed by atoms with Gasteiger partial charge in [-0.05, 0) is 213 Å². The molecule has 366 valence electrons. The Morgan fingerprint density at radius 1 is 0.426 bits per heavy atom. The Bertz CT molecular complexity index is 1200. The zero-order valence-corrected chi connectivity index (χ0v) is 44.9. The molecule has 0 aromatic rings. The number of hydrogen-bond acceptors (Lipinski definition) is 8. The quantitative estimate of drug-likeness (QED) is 0.0592. The van der Waals surface area contributed by atoms with E-state index < -0.39 is 0 Å². The van der Waals surface area contributed by atoms with Gasteiger partial charge in [0.05, 0.1) is 71.2 Å². The van der Waals surface area contributed by atoms with Crippen molar-refractivity contribution < 1.29 is 37.9 Å². The normalized spacial score (nSPS) is 19.5. The molecule has 1 fully saturated rings. The highest BCUT2D eigenvalue weighted by Gasteiger charge is 2.60. The first-order valence-corrected chi connectivity index (χ1v) is 24.6. The third kappa shape index (κ3) is 23.6. The fraction of sp³-hybridized carbons (Fsp3) is 1.00. The summed E-state index contributed by atoms with van der Waals surface area (Å²) in [6.07, 6.45) is 11.2. The minimum atomic E-state index is -0.289. The topological polar surface area (TPSA) is 73.8 Å². The van der Waals surface area contributed by atoms with Crippen molar-refractivity contribution >= 4 is 0 Å². The second kappa shape index (κ2) is 23.9. The highest BCUT2D eigenvalue weighted by atomic mass is 16.5. The summed E-state index contributed by atoms with van der Waals surface area (Å²) in [6, 6.07) is 0. The molecule has 0 aromatic heterocycles. The Kier molecular flexibility index (Phi) is 23.0. The lowest BCUT2D eigenvalue weighted by molar-refractivity contribution is -0.148. The van der Waals surface area contributed by atoms with Crippen molar-refractivity contribution in [2.75, 3.05) is 52.9 Å². The van der Waals surface area contributed by atoms with Gasteiger partial charge in [-0.1, -0.05) is 27.7 Å². The largest absolute Gasteiger partial charge is 0.376 e. The van der Waals surface area contributed by atoms with E-state index in [1.54, 1.807) is 0 Å². The van der Waals surface area contributed by atoms with Crippen molar-refractivity contribution in [3.63, 3.8) is 0 Å². The molecule has 1 aliphatic rings. The predicted molar refractivity (Wildman–Crippen MR) is 257 cm³/mol. The van der Waals surface area contributed by atoms with Crippen molar-refractivity contribution in [3.05, 3.63) is 0 Å². The van der Waals surface area contributed by atoms with Crippen LogP contribution in [0.5, 0.6) is 0 Å². The van der Waals surface area contributed by atoms with Crippen LogP contribution in [0.3, 0.4) is 0 Å². The van der Waals surface area contributed by atoms with E-state index in [4.69, 9.17) is 37.9 Å². The van der Waals surface area contributed by atoms with Gasteiger partial charge in [0.2, 0.25) is 0 Å². The standard InChI is InChI=1S/C53H106O8/c1-42(40-60-44(2,3)4)50(16,17)51(18,19)58-37-31-48(12,13)57-36-28-27-35-55-47(10,11)30-23-25-33-54-46(8,9)29-24-26-34-56-49(14,15)32-38-59-52(20,21)53(22)39-43(53)41-61-45(5,6)7/h42-43H,23-41H2,1-22H3. The Morgan fingerprint density at radius 2 is 0.787 bits per heavy atom. The number of unbranched alkanes of at least 4 members (excludes halogenated alkanes) is 3. The summed E-state index contributed by atoms with van der Waals surface area (Å²) >= 11 is 0. The Labute approximate surface area is 380 Å². The molecule has 0 aliphatic heterocycles. The first-order valence-electron chi connectivity index (χ1n) is 24.6. The third-order valence-corrected chi connectivity index (χ3v) is 14.2.